The van der Waals surface area contributed by atoms with Gasteiger partial charge >= 0.3 is 6.03 Å². The third-order valence-corrected chi connectivity index (χ3v) is 1.94. The van der Waals surface area contributed by atoms with Crippen LogP contribution in [-0.4, -0.2) is 48.3 Å². The van der Waals surface area contributed by atoms with Crippen molar-refractivity contribution in [3.8, 4) is 6.07 Å². The quantitative estimate of drug-likeness (QED) is 0.717. The van der Waals surface area contributed by atoms with Crippen molar-refractivity contribution in [3.63, 3.8) is 0 Å². The van der Waals surface area contributed by atoms with Crippen molar-refractivity contribution in [2.24, 2.45) is 0 Å². The van der Waals surface area contributed by atoms with E-state index in [0.29, 0.717) is 24.5 Å². The smallest absolute Gasteiger partial charge is 0.316 e. The van der Waals surface area contributed by atoms with E-state index < -0.39 is 0 Å². The Kier molecular flexibility index (Phi) is 4.69. The number of aromatic nitrogens is 2. The van der Waals surface area contributed by atoms with Gasteiger partial charge in [-0.15, -0.1) is 5.10 Å². The first-order valence-electron chi connectivity index (χ1n) is 5.06. The van der Waals surface area contributed by atoms with Gasteiger partial charge in [-0.1, -0.05) is 0 Å². The minimum atomic E-state index is -0.161. The molecular formula is C10H14N6O. The first-order valence-corrected chi connectivity index (χ1v) is 5.06. The fraction of sp³-hybridized carbons (Fsp3) is 0.400. The fourth-order valence-corrected chi connectivity index (χ4v) is 1.06. The van der Waals surface area contributed by atoms with Crippen molar-refractivity contribution in [2.75, 3.05) is 32.5 Å². The molecule has 0 aliphatic carbocycles. The molecule has 0 aromatic carbocycles. The van der Waals surface area contributed by atoms with Crippen molar-refractivity contribution < 1.29 is 4.79 Å². The van der Waals surface area contributed by atoms with E-state index in [2.05, 4.69) is 20.8 Å². The molecule has 1 aromatic rings. The molecule has 0 unspecified atom stereocenters. The third kappa shape index (κ3) is 3.95. The van der Waals surface area contributed by atoms with E-state index in [-0.39, 0.29) is 6.03 Å². The van der Waals surface area contributed by atoms with Crippen molar-refractivity contribution in [1.82, 2.24) is 20.4 Å². The van der Waals surface area contributed by atoms with Gasteiger partial charge < -0.3 is 15.5 Å². The van der Waals surface area contributed by atoms with Gasteiger partial charge in [-0.05, 0) is 6.07 Å². The first kappa shape index (κ1) is 12.7. The van der Waals surface area contributed by atoms with Crippen LogP contribution in [0.25, 0.3) is 0 Å². The Balaban J connectivity index is 2.37. The lowest BCUT2D eigenvalue weighted by Gasteiger charge is -2.12. The zero-order chi connectivity index (χ0) is 12.7. The number of carbonyl (C=O) groups excluding carboxylic acids is 1. The largest absolute Gasteiger partial charge is 0.366 e. The average Bonchev–Trinajstić information content (AvgIpc) is 2.34. The highest BCUT2D eigenvalue weighted by Gasteiger charge is 2.03. The maximum Gasteiger partial charge on any atom is 0.316 e. The van der Waals surface area contributed by atoms with Crippen LogP contribution in [0, 0.1) is 11.3 Å². The minimum Gasteiger partial charge on any atom is -0.366 e. The van der Waals surface area contributed by atoms with Crippen molar-refractivity contribution in [1.29, 1.82) is 5.26 Å². The Morgan fingerprint density at radius 1 is 1.53 bits per heavy atom. The number of amides is 2. The van der Waals surface area contributed by atoms with Gasteiger partial charge in [0.05, 0.1) is 11.8 Å². The van der Waals surface area contributed by atoms with Crippen LogP contribution in [0.5, 0.6) is 0 Å². The van der Waals surface area contributed by atoms with Crippen LogP contribution < -0.4 is 10.6 Å². The second kappa shape index (κ2) is 6.27. The number of hydrogen-bond acceptors (Lipinski definition) is 5. The van der Waals surface area contributed by atoms with E-state index >= 15 is 0 Å². The van der Waals surface area contributed by atoms with E-state index in [1.165, 1.54) is 11.1 Å². The SMILES string of the molecule is CN(C)C(=O)NCCNc1nnccc1C#N. The van der Waals surface area contributed by atoms with Gasteiger partial charge in [0.15, 0.2) is 5.82 Å². The Hall–Kier alpha value is -2.36. The van der Waals surface area contributed by atoms with E-state index in [0.717, 1.165) is 0 Å². The summed E-state index contributed by atoms with van der Waals surface area (Å²) in [5, 5.41) is 21.9. The van der Waals surface area contributed by atoms with Gasteiger partial charge in [0.1, 0.15) is 6.07 Å². The molecule has 7 heteroatoms. The summed E-state index contributed by atoms with van der Waals surface area (Å²) < 4.78 is 0. The van der Waals surface area contributed by atoms with Crippen molar-refractivity contribution in [2.45, 2.75) is 0 Å². The van der Waals surface area contributed by atoms with Crippen LogP contribution in [0.3, 0.4) is 0 Å². The van der Waals surface area contributed by atoms with Gasteiger partial charge in [0, 0.05) is 27.2 Å². The lowest BCUT2D eigenvalue weighted by molar-refractivity contribution is 0.218. The average molecular weight is 234 g/mol. The second-order valence-electron chi connectivity index (χ2n) is 3.46. The molecule has 0 radical (unpaired) electrons. The number of rotatable bonds is 4. The Morgan fingerprint density at radius 3 is 2.94 bits per heavy atom. The molecule has 17 heavy (non-hydrogen) atoms. The summed E-state index contributed by atoms with van der Waals surface area (Å²) in [7, 11) is 3.33. The molecule has 0 spiro atoms. The molecule has 0 fully saturated rings. The van der Waals surface area contributed by atoms with Crippen LogP contribution >= 0.6 is 0 Å². The molecule has 1 heterocycles. The van der Waals surface area contributed by atoms with E-state index in [1.54, 1.807) is 20.2 Å². The molecule has 7 nitrogen and oxygen atoms in total. The summed E-state index contributed by atoms with van der Waals surface area (Å²) >= 11 is 0. The molecule has 2 N–H and O–H groups in total. The summed E-state index contributed by atoms with van der Waals surface area (Å²) in [6.07, 6.45) is 1.46. The predicted octanol–water partition coefficient (Wildman–Crippen LogP) is 0.0314. The van der Waals surface area contributed by atoms with Gasteiger partial charge in [0.25, 0.3) is 0 Å². The third-order valence-electron chi connectivity index (χ3n) is 1.94. The number of hydrogen-bond donors (Lipinski definition) is 2. The lowest BCUT2D eigenvalue weighted by Crippen LogP contribution is -2.37. The molecule has 0 aliphatic heterocycles. The number of nitriles is 1. The zero-order valence-corrected chi connectivity index (χ0v) is 9.77. The van der Waals surface area contributed by atoms with Crippen LogP contribution in [-0.2, 0) is 0 Å². The first-order chi connectivity index (χ1) is 8.15. The topological polar surface area (TPSA) is 93.9 Å². The maximum absolute atomic E-state index is 11.2. The fourth-order valence-electron chi connectivity index (χ4n) is 1.06. The standard InChI is InChI=1S/C10H14N6O/c1-16(2)10(17)13-6-5-12-9-8(7-11)3-4-14-15-9/h3-4H,5-6H2,1-2H3,(H,12,15)(H,13,17). The lowest BCUT2D eigenvalue weighted by atomic mass is 10.3. The van der Waals surface area contributed by atoms with Gasteiger partial charge in [0.2, 0.25) is 0 Å². The minimum absolute atomic E-state index is 0.161. The van der Waals surface area contributed by atoms with Crippen LogP contribution in [0.2, 0.25) is 0 Å². The monoisotopic (exact) mass is 234 g/mol. The molecule has 2 amide bonds. The second-order valence-corrected chi connectivity index (χ2v) is 3.46. The van der Waals surface area contributed by atoms with Gasteiger partial charge in [-0.2, -0.15) is 10.4 Å². The highest BCUT2D eigenvalue weighted by atomic mass is 16.2. The Morgan fingerprint density at radius 2 is 2.29 bits per heavy atom. The number of carbonyl (C=O) groups is 1. The van der Waals surface area contributed by atoms with Crippen molar-refractivity contribution in [3.05, 3.63) is 17.8 Å². The predicted molar refractivity (Wildman–Crippen MR) is 62.3 cm³/mol. The Bertz CT molecular complexity index is 425. The molecule has 0 saturated carbocycles. The maximum atomic E-state index is 11.2. The summed E-state index contributed by atoms with van der Waals surface area (Å²) in [4.78, 5) is 12.6. The number of nitrogens with one attached hydrogen (secondary N) is 2. The number of urea groups is 1. The van der Waals surface area contributed by atoms with Crippen LogP contribution in [0.15, 0.2) is 12.3 Å². The molecule has 90 valence electrons. The van der Waals surface area contributed by atoms with Crippen LogP contribution in [0.1, 0.15) is 5.56 Å². The van der Waals surface area contributed by atoms with Gasteiger partial charge in [-0.3, -0.25) is 0 Å². The highest BCUT2D eigenvalue weighted by Crippen LogP contribution is 2.06. The molecule has 0 bridgehead atoms. The summed E-state index contributed by atoms with van der Waals surface area (Å²) in [5.41, 5.74) is 0.430. The molecule has 0 aliphatic rings. The molecule has 0 atom stereocenters. The van der Waals surface area contributed by atoms with Gasteiger partial charge in [-0.25, -0.2) is 4.79 Å². The molecule has 0 saturated heterocycles. The summed E-state index contributed by atoms with van der Waals surface area (Å²) in [6, 6.07) is 3.42. The summed E-state index contributed by atoms with van der Waals surface area (Å²) in [5.74, 6) is 0.425. The number of nitrogens with zero attached hydrogens (tertiary/aromatic N) is 4. The van der Waals surface area contributed by atoms with Crippen LogP contribution in [0.4, 0.5) is 10.6 Å². The summed E-state index contributed by atoms with van der Waals surface area (Å²) in [6.45, 7) is 0.922. The molecular weight excluding hydrogens is 220 g/mol. The van der Waals surface area contributed by atoms with Crippen molar-refractivity contribution >= 4 is 11.8 Å². The zero-order valence-electron chi connectivity index (χ0n) is 9.77. The highest BCUT2D eigenvalue weighted by molar-refractivity contribution is 5.73. The normalized spacial score (nSPS) is 9.24. The Labute approximate surface area is 99.4 Å². The number of anilines is 1. The van der Waals surface area contributed by atoms with E-state index in [1.807, 2.05) is 6.07 Å². The molecule has 1 rings (SSSR count). The van der Waals surface area contributed by atoms with E-state index in [9.17, 15) is 4.79 Å². The van der Waals surface area contributed by atoms with E-state index in [4.69, 9.17) is 5.26 Å². The molecule has 1 aromatic heterocycles.